The Balaban J connectivity index is 2.10. The smallest absolute Gasteiger partial charge is 0.244 e. The fourth-order valence-corrected chi connectivity index (χ4v) is 3.73. The molecule has 2 rings (SSSR count). The number of nitrogens with one attached hydrogen (secondary N) is 2. The van der Waals surface area contributed by atoms with Crippen molar-refractivity contribution in [3.63, 3.8) is 0 Å². The van der Waals surface area contributed by atoms with Crippen LogP contribution in [-0.2, 0) is 23.1 Å². The first-order chi connectivity index (χ1) is 9.53. The predicted molar refractivity (Wildman–Crippen MR) is 79.2 cm³/mol. The van der Waals surface area contributed by atoms with Crippen molar-refractivity contribution < 1.29 is 12.8 Å². The summed E-state index contributed by atoms with van der Waals surface area (Å²) in [5, 5.41) is 5.02. The number of hydrogen-bond donors (Lipinski definition) is 2. The Morgan fingerprint density at radius 3 is 2.80 bits per heavy atom. The maximum Gasteiger partial charge on any atom is 0.244 e. The Hall–Kier alpha value is -1.15. The quantitative estimate of drug-likeness (QED) is 0.822. The largest absolute Gasteiger partial charge is 0.464 e. The van der Waals surface area contributed by atoms with Crippen molar-refractivity contribution in [1.82, 2.24) is 10.0 Å². The molecular formula is C13H18N2O3S2. The first-order valence-electron chi connectivity index (χ1n) is 6.35. The van der Waals surface area contributed by atoms with E-state index in [0.717, 1.165) is 11.4 Å². The van der Waals surface area contributed by atoms with Gasteiger partial charge in [0.15, 0.2) is 0 Å². The zero-order valence-corrected chi connectivity index (χ0v) is 13.1. The second kappa shape index (κ2) is 6.53. The van der Waals surface area contributed by atoms with Gasteiger partial charge in [0.05, 0.1) is 6.54 Å². The molecule has 0 atom stereocenters. The highest BCUT2D eigenvalue weighted by atomic mass is 32.2. The molecule has 2 aromatic heterocycles. The lowest BCUT2D eigenvalue weighted by molar-refractivity contribution is 0.460. The van der Waals surface area contributed by atoms with Gasteiger partial charge in [-0.1, -0.05) is 13.0 Å². The van der Waals surface area contributed by atoms with Gasteiger partial charge in [0.2, 0.25) is 10.0 Å². The third-order valence-electron chi connectivity index (χ3n) is 2.78. The van der Waals surface area contributed by atoms with Crippen molar-refractivity contribution in [3.05, 3.63) is 40.0 Å². The summed E-state index contributed by atoms with van der Waals surface area (Å²) < 4.78 is 32.5. The Kier molecular flexibility index (Phi) is 4.98. The van der Waals surface area contributed by atoms with Crippen LogP contribution >= 0.6 is 11.3 Å². The van der Waals surface area contributed by atoms with E-state index in [4.69, 9.17) is 4.42 Å². The number of aryl methyl sites for hydroxylation is 1. The van der Waals surface area contributed by atoms with E-state index in [-0.39, 0.29) is 4.90 Å². The van der Waals surface area contributed by atoms with Crippen molar-refractivity contribution in [2.45, 2.75) is 31.8 Å². The van der Waals surface area contributed by atoms with Gasteiger partial charge in [-0.3, -0.25) is 0 Å². The summed E-state index contributed by atoms with van der Waals surface area (Å²) in [4.78, 5) is 1.18. The molecule has 20 heavy (non-hydrogen) atoms. The average Bonchev–Trinajstić information content (AvgIpc) is 3.03. The van der Waals surface area contributed by atoms with Crippen LogP contribution in [-0.4, -0.2) is 15.0 Å². The van der Waals surface area contributed by atoms with Gasteiger partial charge in [-0.25, -0.2) is 13.1 Å². The van der Waals surface area contributed by atoms with Gasteiger partial charge in [-0.15, -0.1) is 11.3 Å². The number of furan rings is 1. The van der Waals surface area contributed by atoms with Crippen molar-refractivity contribution in [2.75, 3.05) is 6.54 Å². The van der Waals surface area contributed by atoms with E-state index >= 15 is 0 Å². The van der Waals surface area contributed by atoms with Crippen LogP contribution in [0.5, 0.6) is 0 Å². The Labute approximate surface area is 123 Å². The molecule has 0 saturated carbocycles. The molecule has 7 heteroatoms. The van der Waals surface area contributed by atoms with Gasteiger partial charge in [-0.05, 0) is 24.9 Å². The molecule has 2 heterocycles. The summed E-state index contributed by atoms with van der Waals surface area (Å²) in [6.45, 7) is 5.27. The molecule has 0 bridgehead atoms. The monoisotopic (exact) mass is 314 g/mol. The van der Waals surface area contributed by atoms with E-state index in [1.165, 1.54) is 11.3 Å². The molecule has 0 saturated heterocycles. The number of sulfonamides is 1. The minimum absolute atomic E-state index is 0.210. The van der Waals surface area contributed by atoms with Crippen LogP contribution in [0.1, 0.15) is 23.3 Å². The molecule has 0 aliphatic heterocycles. The molecule has 0 aromatic carbocycles. The van der Waals surface area contributed by atoms with Gasteiger partial charge < -0.3 is 9.73 Å². The maximum absolute atomic E-state index is 12.2. The first kappa shape index (κ1) is 15.2. The van der Waals surface area contributed by atoms with Crippen LogP contribution in [0.25, 0.3) is 0 Å². The van der Waals surface area contributed by atoms with E-state index < -0.39 is 10.0 Å². The third kappa shape index (κ3) is 3.69. The summed E-state index contributed by atoms with van der Waals surface area (Å²) in [6.07, 6.45) is 0. The number of rotatable bonds is 7. The number of hydrogen-bond acceptors (Lipinski definition) is 5. The Morgan fingerprint density at radius 2 is 2.15 bits per heavy atom. The fourth-order valence-electron chi connectivity index (χ4n) is 1.78. The summed E-state index contributed by atoms with van der Waals surface area (Å²) in [5.41, 5.74) is 0. The third-order valence-corrected chi connectivity index (χ3v) is 5.16. The minimum Gasteiger partial charge on any atom is -0.464 e. The van der Waals surface area contributed by atoms with E-state index in [2.05, 4.69) is 10.0 Å². The Morgan fingerprint density at radius 1 is 1.35 bits per heavy atom. The second-order valence-electron chi connectivity index (χ2n) is 4.32. The summed E-state index contributed by atoms with van der Waals surface area (Å²) in [5.74, 6) is 1.04. The highest BCUT2D eigenvalue weighted by Gasteiger charge is 2.21. The lowest BCUT2D eigenvalue weighted by Crippen LogP contribution is -2.23. The lowest BCUT2D eigenvalue weighted by Gasteiger charge is -2.03. The standard InChI is InChI=1S/C13H18N2O3S2/c1-3-14-8-11-7-13(10(2)18-11)20(16,17)15-9-12-5-4-6-19-12/h4-7,14-15H,3,8-9H2,1-2H3. The van der Waals surface area contributed by atoms with Crippen LogP contribution in [0.2, 0.25) is 0 Å². The van der Waals surface area contributed by atoms with Gasteiger partial charge in [0, 0.05) is 17.5 Å². The molecule has 0 aliphatic rings. The molecule has 0 unspecified atom stereocenters. The minimum atomic E-state index is -3.54. The highest BCUT2D eigenvalue weighted by molar-refractivity contribution is 7.89. The molecule has 0 amide bonds. The summed E-state index contributed by atoms with van der Waals surface area (Å²) in [6, 6.07) is 5.37. The van der Waals surface area contributed by atoms with Crippen LogP contribution in [0.4, 0.5) is 0 Å². The molecule has 0 fully saturated rings. The molecule has 110 valence electrons. The second-order valence-corrected chi connectivity index (χ2v) is 7.09. The molecule has 0 radical (unpaired) electrons. The van der Waals surface area contributed by atoms with Crippen LogP contribution in [0.3, 0.4) is 0 Å². The number of thiophene rings is 1. The van der Waals surface area contributed by atoms with Crippen molar-refractivity contribution in [2.24, 2.45) is 0 Å². The highest BCUT2D eigenvalue weighted by Crippen LogP contribution is 2.20. The first-order valence-corrected chi connectivity index (χ1v) is 8.71. The lowest BCUT2D eigenvalue weighted by atomic mass is 10.4. The van der Waals surface area contributed by atoms with E-state index in [0.29, 0.717) is 24.6 Å². The van der Waals surface area contributed by atoms with E-state index in [1.54, 1.807) is 13.0 Å². The summed E-state index contributed by atoms with van der Waals surface area (Å²) in [7, 11) is -3.54. The van der Waals surface area contributed by atoms with Crippen molar-refractivity contribution >= 4 is 21.4 Å². The SMILES string of the molecule is CCNCc1cc(S(=O)(=O)NCc2cccs2)c(C)o1. The van der Waals surface area contributed by atoms with E-state index in [1.807, 2.05) is 24.4 Å². The summed E-state index contributed by atoms with van der Waals surface area (Å²) >= 11 is 1.52. The molecule has 2 aromatic rings. The fraction of sp³-hybridized carbons (Fsp3) is 0.385. The van der Waals surface area contributed by atoms with E-state index in [9.17, 15) is 8.42 Å². The van der Waals surface area contributed by atoms with Crippen LogP contribution in [0, 0.1) is 6.92 Å². The van der Waals surface area contributed by atoms with Crippen LogP contribution in [0.15, 0.2) is 32.9 Å². The molecule has 5 nitrogen and oxygen atoms in total. The van der Waals surface area contributed by atoms with Gasteiger partial charge in [0.1, 0.15) is 16.4 Å². The molecule has 0 spiro atoms. The van der Waals surface area contributed by atoms with Crippen molar-refractivity contribution in [3.8, 4) is 0 Å². The van der Waals surface area contributed by atoms with Crippen molar-refractivity contribution in [1.29, 1.82) is 0 Å². The maximum atomic E-state index is 12.2. The Bertz CT molecular complexity index is 645. The normalized spacial score (nSPS) is 11.9. The van der Waals surface area contributed by atoms with Crippen LogP contribution < -0.4 is 10.0 Å². The topological polar surface area (TPSA) is 71.3 Å². The van der Waals surface area contributed by atoms with Gasteiger partial charge in [-0.2, -0.15) is 0 Å². The molecule has 0 aliphatic carbocycles. The zero-order valence-electron chi connectivity index (χ0n) is 11.5. The predicted octanol–water partition coefficient (Wildman–Crippen LogP) is 2.24. The van der Waals surface area contributed by atoms with Gasteiger partial charge in [0.25, 0.3) is 0 Å². The average molecular weight is 314 g/mol. The molecular weight excluding hydrogens is 296 g/mol. The zero-order chi connectivity index (χ0) is 14.6. The van der Waals surface area contributed by atoms with Gasteiger partial charge >= 0.3 is 0 Å². The molecule has 2 N–H and O–H groups in total.